The summed E-state index contributed by atoms with van der Waals surface area (Å²) in [6.45, 7) is 10.2. The normalized spacial score (nSPS) is 13.8. The summed E-state index contributed by atoms with van der Waals surface area (Å²) in [5.74, 6) is -2.48. The van der Waals surface area contributed by atoms with Crippen LogP contribution in [0.25, 0.3) is 0 Å². The van der Waals surface area contributed by atoms with Crippen molar-refractivity contribution in [2.45, 2.75) is 39.8 Å². The molecule has 19 heavy (non-hydrogen) atoms. The molecule has 0 unspecified atom stereocenters. The third kappa shape index (κ3) is 5.54. The van der Waals surface area contributed by atoms with E-state index in [1.807, 2.05) is 0 Å². The van der Waals surface area contributed by atoms with Gasteiger partial charge in [0.1, 0.15) is 12.1 Å². The molecule has 2 amide bonds. The van der Waals surface area contributed by atoms with Crippen molar-refractivity contribution in [2.75, 3.05) is 0 Å². The average Bonchev–Trinajstić information content (AvgIpc) is 2.30. The third-order valence-corrected chi connectivity index (χ3v) is 2.66. The molecule has 0 aliphatic rings. The lowest BCUT2D eigenvalue weighted by atomic mass is 10.0. The van der Waals surface area contributed by atoms with E-state index in [1.165, 1.54) is 0 Å². The molecule has 6 nitrogen and oxygen atoms in total. The first-order valence-electron chi connectivity index (χ1n) is 6.16. The minimum absolute atomic E-state index is 0.162. The molecule has 0 aliphatic heterocycles. The van der Waals surface area contributed by atoms with E-state index in [-0.39, 0.29) is 11.8 Å². The monoisotopic (exact) mass is 270 g/mol. The highest BCUT2D eigenvalue weighted by Gasteiger charge is 2.29. The Morgan fingerprint density at radius 2 is 1.47 bits per heavy atom. The predicted octanol–water partition coefficient (Wildman–Crippen LogP) is 0.539. The Morgan fingerprint density at radius 3 is 1.79 bits per heavy atom. The quantitative estimate of drug-likeness (QED) is 0.588. The standard InChI is InChI=1S/C13H22N2O4/c1-6-9(16)14-10(7(2)3)12(17)15-11(8(4)5)13(18)19/h6-8,10-11H,1H2,2-5H3,(H,14,16)(H,15,17)(H,18,19)/t10-,11-/m0/s1. The van der Waals surface area contributed by atoms with Gasteiger partial charge in [0.2, 0.25) is 11.8 Å². The number of carboxylic acids is 1. The van der Waals surface area contributed by atoms with Crippen molar-refractivity contribution in [3.8, 4) is 0 Å². The van der Waals surface area contributed by atoms with Crippen molar-refractivity contribution in [2.24, 2.45) is 11.8 Å². The predicted molar refractivity (Wildman–Crippen MR) is 71.4 cm³/mol. The van der Waals surface area contributed by atoms with Crippen LogP contribution in [0, 0.1) is 11.8 Å². The van der Waals surface area contributed by atoms with E-state index in [9.17, 15) is 14.4 Å². The van der Waals surface area contributed by atoms with Gasteiger partial charge >= 0.3 is 5.97 Å². The third-order valence-electron chi connectivity index (χ3n) is 2.66. The minimum atomic E-state index is -1.10. The molecule has 0 aromatic rings. The molecule has 6 heteroatoms. The highest BCUT2D eigenvalue weighted by atomic mass is 16.4. The van der Waals surface area contributed by atoms with Gasteiger partial charge in [-0.15, -0.1) is 0 Å². The Kier molecular flexibility index (Phi) is 6.82. The van der Waals surface area contributed by atoms with Crippen molar-refractivity contribution in [1.29, 1.82) is 0 Å². The summed E-state index contributed by atoms with van der Waals surface area (Å²) in [7, 11) is 0. The molecule has 3 N–H and O–H groups in total. The van der Waals surface area contributed by atoms with Crippen LogP contribution >= 0.6 is 0 Å². The Labute approximate surface area is 113 Å². The minimum Gasteiger partial charge on any atom is -0.480 e. The fourth-order valence-corrected chi connectivity index (χ4v) is 1.50. The molecule has 2 atom stereocenters. The van der Waals surface area contributed by atoms with Crippen LogP contribution in [-0.4, -0.2) is 35.0 Å². The van der Waals surface area contributed by atoms with Gasteiger partial charge in [-0.3, -0.25) is 9.59 Å². The maximum absolute atomic E-state index is 12.0. The van der Waals surface area contributed by atoms with E-state index in [0.717, 1.165) is 6.08 Å². The largest absolute Gasteiger partial charge is 0.480 e. The summed E-state index contributed by atoms with van der Waals surface area (Å²) >= 11 is 0. The van der Waals surface area contributed by atoms with E-state index in [0.29, 0.717) is 0 Å². The summed E-state index contributed by atoms with van der Waals surface area (Å²) < 4.78 is 0. The number of hydrogen-bond donors (Lipinski definition) is 3. The molecule has 108 valence electrons. The van der Waals surface area contributed by atoms with Crippen molar-refractivity contribution in [3.63, 3.8) is 0 Å². The molecular weight excluding hydrogens is 248 g/mol. The fourth-order valence-electron chi connectivity index (χ4n) is 1.50. The Hall–Kier alpha value is -1.85. The molecule has 0 radical (unpaired) electrons. The number of aliphatic carboxylic acids is 1. The lowest BCUT2D eigenvalue weighted by molar-refractivity contribution is -0.143. The highest BCUT2D eigenvalue weighted by molar-refractivity contribution is 5.94. The van der Waals surface area contributed by atoms with Gasteiger partial charge in [0.05, 0.1) is 0 Å². The zero-order chi connectivity index (χ0) is 15.2. The van der Waals surface area contributed by atoms with Gasteiger partial charge in [0, 0.05) is 0 Å². The summed E-state index contributed by atoms with van der Waals surface area (Å²) in [6.07, 6.45) is 1.07. The summed E-state index contributed by atoms with van der Waals surface area (Å²) in [6, 6.07) is -1.76. The summed E-state index contributed by atoms with van der Waals surface area (Å²) in [5.41, 5.74) is 0. The van der Waals surface area contributed by atoms with Gasteiger partial charge in [-0.1, -0.05) is 34.3 Å². The first kappa shape index (κ1) is 17.2. The number of carbonyl (C=O) groups excluding carboxylic acids is 2. The van der Waals surface area contributed by atoms with Crippen LogP contribution in [0.2, 0.25) is 0 Å². The molecule has 0 bridgehead atoms. The van der Waals surface area contributed by atoms with E-state index in [1.54, 1.807) is 27.7 Å². The Morgan fingerprint density at radius 1 is 1.00 bits per heavy atom. The summed E-state index contributed by atoms with van der Waals surface area (Å²) in [5, 5.41) is 13.9. The number of hydrogen-bond acceptors (Lipinski definition) is 3. The fraction of sp³-hybridized carbons (Fsp3) is 0.615. The van der Waals surface area contributed by atoms with Gasteiger partial charge in [-0.2, -0.15) is 0 Å². The Bertz CT molecular complexity index is 364. The van der Waals surface area contributed by atoms with Crippen LogP contribution in [0.15, 0.2) is 12.7 Å². The van der Waals surface area contributed by atoms with Crippen LogP contribution in [0.1, 0.15) is 27.7 Å². The smallest absolute Gasteiger partial charge is 0.326 e. The molecule has 0 aromatic carbocycles. The zero-order valence-corrected chi connectivity index (χ0v) is 11.8. The number of nitrogens with one attached hydrogen (secondary N) is 2. The van der Waals surface area contributed by atoms with Crippen molar-refractivity contribution in [3.05, 3.63) is 12.7 Å². The number of carboxylic acid groups (broad SMARTS) is 1. The molecule has 0 heterocycles. The van der Waals surface area contributed by atoms with Crippen LogP contribution in [-0.2, 0) is 14.4 Å². The van der Waals surface area contributed by atoms with Crippen molar-refractivity contribution < 1.29 is 19.5 Å². The second-order valence-corrected chi connectivity index (χ2v) is 5.00. The zero-order valence-electron chi connectivity index (χ0n) is 11.8. The maximum Gasteiger partial charge on any atom is 0.326 e. The van der Waals surface area contributed by atoms with E-state index < -0.39 is 29.9 Å². The molecule has 0 aliphatic carbocycles. The van der Waals surface area contributed by atoms with Crippen molar-refractivity contribution >= 4 is 17.8 Å². The molecule has 0 rings (SSSR count). The number of carbonyl (C=O) groups is 3. The topological polar surface area (TPSA) is 95.5 Å². The maximum atomic E-state index is 12.0. The second kappa shape index (κ2) is 7.56. The molecule has 0 saturated carbocycles. The van der Waals surface area contributed by atoms with Crippen LogP contribution < -0.4 is 10.6 Å². The lowest BCUT2D eigenvalue weighted by Crippen LogP contribution is -2.54. The van der Waals surface area contributed by atoms with Crippen LogP contribution in [0.5, 0.6) is 0 Å². The number of rotatable bonds is 7. The molecule has 0 saturated heterocycles. The van der Waals surface area contributed by atoms with Gasteiger partial charge in [-0.25, -0.2) is 4.79 Å². The molecular formula is C13H22N2O4. The molecule has 0 aromatic heterocycles. The average molecular weight is 270 g/mol. The van der Waals surface area contributed by atoms with Gasteiger partial charge in [0.15, 0.2) is 0 Å². The first-order valence-corrected chi connectivity index (χ1v) is 6.16. The summed E-state index contributed by atoms with van der Waals surface area (Å²) in [4.78, 5) is 34.3. The molecule has 0 fully saturated rings. The van der Waals surface area contributed by atoms with Crippen molar-refractivity contribution in [1.82, 2.24) is 10.6 Å². The van der Waals surface area contributed by atoms with E-state index in [2.05, 4.69) is 17.2 Å². The van der Waals surface area contributed by atoms with Gasteiger partial charge in [0.25, 0.3) is 0 Å². The highest BCUT2D eigenvalue weighted by Crippen LogP contribution is 2.06. The van der Waals surface area contributed by atoms with E-state index in [4.69, 9.17) is 5.11 Å². The second-order valence-electron chi connectivity index (χ2n) is 5.00. The van der Waals surface area contributed by atoms with Crippen LogP contribution in [0.3, 0.4) is 0 Å². The lowest BCUT2D eigenvalue weighted by Gasteiger charge is -2.25. The van der Waals surface area contributed by atoms with E-state index >= 15 is 0 Å². The number of amides is 2. The van der Waals surface area contributed by atoms with Gasteiger partial charge in [-0.05, 0) is 17.9 Å². The Balaban J connectivity index is 4.86. The van der Waals surface area contributed by atoms with Crippen LogP contribution in [0.4, 0.5) is 0 Å². The SMILES string of the molecule is C=CC(=O)N[C@H](C(=O)N[C@H](C(=O)O)C(C)C)C(C)C. The molecule has 0 spiro atoms. The van der Waals surface area contributed by atoms with Gasteiger partial charge < -0.3 is 15.7 Å². The first-order chi connectivity index (χ1) is 8.70.